The van der Waals surface area contributed by atoms with Gasteiger partial charge in [0.2, 0.25) is 0 Å². The molecular formula is C14H17BrClNO. The molecule has 1 aromatic rings. The first-order valence-corrected chi connectivity index (χ1v) is 7.54. The van der Waals surface area contributed by atoms with Crippen LogP contribution in [0.4, 0.5) is 0 Å². The van der Waals surface area contributed by atoms with Gasteiger partial charge in [-0.15, -0.1) is 0 Å². The fraction of sp³-hybridized carbons (Fsp3) is 0.500. The van der Waals surface area contributed by atoms with Gasteiger partial charge in [0.05, 0.1) is 10.6 Å². The standard InChI is InChI=1S/C14H17BrClNO/c1-9-3-2-4-12(13(9)16)14(18)17-8-10-5-6-11(15)7-10/h2-4,10-11H,5-8H2,1H3,(H,17,18). The highest BCUT2D eigenvalue weighted by Crippen LogP contribution is 2.30. The summed E-state index contributed by atoms with van der Waals surface area (Å²) in [5.41, 5.74) is 1.51. The van der Waals surface area contributed by atoms with Crippen molar-refractivity contribution in [3.8, 4) is 0 Å². The third kappa shape index (κ3) is 3.27. The van der Waals surface area contributed by atoms with E-state index in [9.17, 15) is 4.79 Å². The Hall–Kier alpha value is -0.540. The Bertz CT molecular complexity index is 449. The summed E-state index contributed by atoms with van der Waals surface area (Å²) in [6.45, 7) is 2.65. The molecule has 0 aromatic heterocycles. The number of nitrogens with one attached hydrogen (secondary N) is 1. The van der Waals surface area contributed by atoms with Gasteiger partial charge in [0.25, 0.3) is 5.91 Å². The van der Waals surface area contributed by atoms with Crippen LogP contribution in [0, 0.1) is 12.8 Å². The van der Waals surface area contributed by atoms with E-state index < -0.39 is 0 Å². The number of halogens is 2. The van der Waals surface area contributed by atoms with Gasteiger partial charge < -0.3 is 5.32 Å². The third-order valence-electron chi connectivity index (χ3n) is 3.46. The number of aryl methyl sites for hydroxylation is 1. The van der Waals surface area contributed by atoms with Crippen LogP contribution in [0.25, 0.3) is 0 Å². The molecule has 1 fully saturated rings. The van der Waals surface area contributed by atoms with Crippen LogP contribution < -0.4 is 5.32 Å². The van der Waals surface area contributed by atoms with Gasteiger partial charge in [-0.25, -0.2) is 0 Å². The van der Waals surface area contributed by atoms with Crippen molar-refractivity contribution in [1.82, 2.24) is 5.32 Å². The van der Waals surface area contributed by atoms with Crippen LogP contribution >= 0.6 is 27.5 Å². The van der Waals surface area contributed by atoms with Crippen molar-refractivity contribution >= 4 is 33.4 Å². The molecule has 0 radical (unpaired) electrons. The van der Waals surface area contributed by atoms with Crippen LogP contribution in [-0.4, -0.2) is 17.3 Å². The average molecular weight is 331 g/mol. The molecule has 0 aliphatic heterocycles. The zero-order chi connectivity index (χ0) is 13.1. The second-order valence-electron chi connectivity index (χ2n) is 4.92. The van der Waals surface area contributed by atoms with Gasteiger partial charge in [0, 0.05) is 11.4 Å². The molecule has 0 spiro atoms. The molecule has 0 bridgehead atoms. The SMILES string of the molecule is Cc1cccc(C(=O)NCC2CCC(Br)C2)c1Cl. The van der Waals surface area contributed by atoms with E-state index in [0.29, 0.717) is 21.3 Å². The lowest BCUT2D eigenvalue weighted by Crippen LogP contribution is -2.28. The third-order valence-corrected chi connectivity index (χ3v) is 4.80. The number of benzene rings is 1. The van der Waals surface area contributed by atoms with E-state index in [0.717, 1.165) is 18.5 Å². The van der Waals surface area contributed by atoms with E-state index in [1.807, 2.05) is 19.1 Å². The van der Waals surface area contributed by atoms with E-state index in [2.05, 4.69) is 21.2 Å². The largest absolute Gasteiger partial charge is 0.352 e. The summed E-state index contributed by atoms with van der Waals surface area (Å²) in [4.78, 5) is 12.7. The fourth-order valence-corrected chi connectivity index (χ4v) is 3.36. The van der Waals surface area contributed by atoms with Crippen LogP contribution in [0.5, 0.6) is 0 Å². The smallest absolute Gasteiger partial charge is 0.252 e. The van der Waals surface area contributed by atoms with Gasteiger partial charge in [-0.2, -0.15) is 0 Å². The Kier molecular flexibility index (Phi) is 4.68. The lowest BCUT2D eigenvalue weighted by molar-refractivity contribution is 0.0947. The molecule has 1 N–H and O–H groups in total. The summed E-state index contributed by atoms with van der Waals surface area (Å²) in [7, 11) is 0. The minimum Gasteiger partial charge on any atom is -0.352 e. The number of carbonyl (C=O) groups excluding carboxylic acids is 1. The van der Waals surface area contributed by atoms with Crippen molar-refractivity contribution in [2.75, 3.05) is 6.54 Å². The molecule has 2 rings (SSSR count). The minimum absolute atomic E-state index is 0.0678. The Morgan fingerprint density at radius 3 is 2.94 bits per heavy atom. The molecule has 1 saturated carbocycles. The molecule has 98 valence electrons. The van der Waals surface area contributed by atoms with Gasteiger partial charge in [-0.3, -0.25) is 4.79 Å². The Labute approximate surface area is 121 Å². The quantitative estimate of drug-likeness (QED) is 0.836. The minimum atomic E-state index is -0.0678. The van der Waals surface area contributed by atoms with Crippen LogP contribution in [0.2, 0.25) is 5.02 Å². The number of carbonyl (C=O) groups is 1. The highest BCUT2D eigenvalue weighted by atomic mass is 79.9. The van der Waals surface area contributed by atoms with Gasteiger partial charge in [0.15, 0.2) is 0 Å². The van der Waals surface area contributed by atoms with Gasteiger partial charge >= 0.3 is 0 Å². The summed E-state index contributed by atoms with van der Waals surface area (Å²) < 4.78 is 0. The molecule has 4 heteroatoms. The number of hydrogen-bond donors (Lipinski definition) is 1. The molecule has 1 aliphatic carbocycles. The van der Waals surface area contributed by atoms with Crippen molar-refractivity contribution < 1.29 is 4.79 Å². The van der Waals surface area contributed by atoms with Crippen molar-refractivity contribution in [3.05, 3.63) is 34.3 Å². The Morgan fingerprint density at radius 1 is 1.50 bits per heavy atom. The van der Waals surface area contributed by atoms with E-state index >= 15 is 0 Å². The van der Waals surface area contributed by atoms with Crippen molar-refractivity contribution in [3.63, 3.8) is 0 Å². The zero-order valence-corrected chi connectivity index (χ0v) is 12.7. The van der Waals surface area contributed by atoms with Crippen LogP contribution in [0.1, 0.15) is 35.2 Å². The highest BCUT2D eigenvalue weighted by molar-refractivity contribution is 9.09. The fourth-order valence-electron chi connectivity index (χ4n) is 2.35. The van der Waals surface area contributed by atoms with Gasteiger partial charge in [-0.1, -0.05) is 39.7 Å². The number of alkyl halides is 1. The normalized spacial score (nSPS) is 23.1. The molecule has 2 unspecified atom stereocenters. The number of amides is 1. The molecule has 2 atom stereocenters. The maximum atomic E-state index is 12.0. The Morgan fingerprint density at radius 2 is 2.28 bits per heavy atom. The van der Waals surface area contributed by atoms with E-state index in [1.54, 1.807) is 6.07 Å². The van der Waals surface area contributed by atoms with E-state index in [4.69, 9.17) is 11.6 Å². The van der Waals surface area contributed by atoms with Crippen molar-refractivity contribution in [2.45, 2.75) is 31.0 Å². The first-order valence-electron chi connectivity index (χ1n) is 6.25. The first kappa shape index (κ1) is 13.9. The molecule has 0 heterocycles. The van der Waals surface area contributed by atoms with Crippen LogP contribution in [0.3, 0.4) is 0 Å². The molecule has 1 amide bonds. The molecule has 18 heavy (non-hydrogen) atoms. The van der Waals surface area contributed by atoms with Crippen LogP contribution in [0.15, 0.2) is 18.2 Å². The second kappa shape index (κ2) is 6.07. The molecule has 0 saturated heterocycles. The van der Waals surface area contributed by atoms with Crippen LogP contribution in [-0.2, 0) is 0 Å². The zero-order valence-electron chi connectivity index (χ0n) is 10.4. The van der Waals surface area contributed by atoms with Gasteiger partial charge in [-0.05, 0) is 43.7 Å². The highest BCUT2D eigenvalue weighted by Gasteiger charge is 2.23. The topological polar surface area (TPSA) is 29.1 Å². The molecule has 1 aliphatic rings. The first-order chi connectivity index (χ1) is 8.58. The second-order valence-corrected chi connectivity index (χ2v) is 6.60. The summed E-state index contributed by atoms with van der Waals surface area (Å²) in [5, 5.41) is 3.54. The maximum Gasteiger partial charge on any atom is 0.252 e. The van der Waals surface area contributed by atoms with E-state index in [1.165, 1.54) is 12.8 Å². The number of hydrogen-bond acceptors (Lipinski definition) is 1. The lowest BCUT2D eigenvalue weighted by Gasteiger charge is -2.12. The molecule has 1 aromatic carbocycles. The summed E-state index contributed by atoms with van der Waals surface area (Å²) in [5.74, 6) is 0.517. The maximum absolute atomic E-state index is 12.0. The van der Waals surface area contributed by atoms with Gasteiger partial charge in [0.1, 0.15) is 0 Å². The molecule has 2 nitrogen and oxygen atoms in total. The predicted octanol–water partition coefficient (Wildman–Crippen LogP) is 3.94. The summed E-state index contributed by atoms with van der Waals surface area (Å²) in [6.07, 6.45) is 3.52. The van der Waals surface area contributed by atoms with E-state index in [-0.39, 0.29) is 5.91 Å². The average Bonchev–Trinajstić information content (AvgIpc) is 2.76. The van der Waals surface area contributed by atoms with Crippen molar-refractivity contribution in [1.29, 1.82) is 0 Å². The summed E-state index contributed by atoms with van der Waals surface area (Å²) in [6, 6.07) is 5.54. The lowest BCUT2D eigenvalue weighted by atomic mass is 10.1. The molecular weight excluding hydrogens is 314 g/mol. The number of rotatable bonds is 3. The predicted molar refractivity (Wildman–Crippen MR) is 78.6 cm³/mol. The summed E-state index contributed by atoms with van der Waals surface area (Å²) >= 11 is 9.76. The Balaban J connectivity index is 1.94. The van der Waals surface area contributed by atoms with Crippen molar-refractivity contribution in [2.24, 2.45) is 5.92 Å². The monoisotopic (exact) mass is 329 g/mol.